The van der Waals surface area contributed by atoms with Crippen LogP contribution in [0.25, 0.3) is 0 Å². The Morgan fingerprint density at radius 2 is 1.66 bits per heavy atom. The van der Waals surface area contributed by atoms with E-state index < -0.39 is 22.0 Å². The second kappa shape index (κ2) is 15.3. The summed E-state index contributed by atoms with van der Waals surface area (Å²) in [5.41, 5.74) is 0.905. The number of ether oxygens (including phenoxy) is 1. The molecular formula is C25H33N2NaO6S. The molecule has 0 bridgehead atoms. The fourth-order valence-corrected chi connectivity index (χ4v) is 5.16. The second-order valence-electron chi connectivity index (χ2n) is 8.56. The quantitative estimate of drug-likeness (QED) is 0.260. The summed E-state index contributed by atoms with van der Waals surface area (Å²) in [6, 6.07) is 14.0. The van der Waals surface area contributed by atoms with Gasteiger partial charge in [-0.3, -0.25) is 4.79 Å². The first-order valence-corrected chi connectivity index (χ1v) is 12.8. The zero-order valence-electron chi connectivity index (χ0n) is 20.9. The summed E-state index contributed by atoms with van der Waals surface area (Å²) in [4.78, 5) is 23.9. The SMILES string of the molecule is Cc1ccc(S(=O)(=O)N(CC(C)C)[C@@H](CCCCNC(=O)COc2ccccc2)C(=O)[O-])cc1.[Na+]. The largest absolute Gasteiger partial charge is 1.00 e. The number of para-hydroxylation sites is 1. The number of carbonyl (C=O) groups is 2. The molecule has 8 nitrogen and oxygen atoms in total. The minimum absolute atomic E-state index is 0. The number of amides is 1. The summed E-state index contributed by atoms with van der Waals surface area (Å²) < 4.78 is 32.9. The number of carbonyl (C=O) groups excluding carboxylic acids is 2. The van der Waals surface area contributed by atoms with Crippen LogP contribution in [0.1, 0.15) is 38.7 Å². The van der Waals surface area contributed by atoms with Crippen molar-refractivity contribution in [1.29, 1.82) is 0 Å². The Balaban J connectivity index is 0.00000612. The molecule has 0 aliphatic heterocycles. The molecule has 0 aromatic heterocycles. The van der Waals surface area contributed by atoms with Crippen LogP contribution in [0.15, 0.2) is 59.5 Å². The third-order valence-corrected chi connectivity index (χ3v) is 7.02. The molecule has 10 heteroatoms. The van der Waals surface area contributed by atoms with Crippen LogP contribution in [0.5, 0.6) is 5.75 Å². The third kappa shape index (κ3) is 10.3. The Kier molecular flexibility index (Phi) is 13.6. The van der Waals surface area contributed by atoms with Crippen LogP contribution in [0.4, 0.5) is 0 Å². The fraction of sp³-hybridized carbons (Fsp3) is 0.440. The first kappa shape index (κ1) is 31.1. The smallest absolute Gasteiger partial charge is 0.548 e. The molecule has 35 heavy (non-hydrogen) atoms. The molecule has 0 fully saturated rings. The van der Waals surface area contributed by atoms with Gasteiger partial charge < -0.3 is 20.0 Å². The number of aryl methyl sites for hydroxylation is 1. The molecule has 2 rings (SSSR count). The number of sulfonamides is 1. The molecule has 2 aromatic carbocycles. The van der Waals surface area contributed by atoms with E-state index >= 15 is 0 Å². The van der Waals surface area contributed by atoms with Gasteiger partial charge >= 0.3 is 29.6 Å². The van der Waals surface area contributed by atoms with Gasteiger partial charge in [-0.1, -0.05) is 49.7 Å². The van der Waals surface area contributed by atoms with Crippen LogP contribution in [0.3, 0.4) is 0 Å². The van der Waals surface area contributed by atoms with E-state index in [1.165, 1.54) is 12.1 Å². The number of nitrogens with zero attached hydrogens (tertiary/aromatic N) is 1. The Hall–Kier alpha value is -1.91. The zero-order valence-corrected chi connectivity index (χ0v) is 23.7. The molecule has 0 saturated carbocycles. The number of carboxylic acid groups (broad SMARTS) is 1. The van der Waals surface area contributed by atoms with Crippen molar-refractivity contribution in [1.82, 2.24) is 9.62 Å². The number of carboxylic acids is 1. The maximum Gasteiger partial charge on any atom is 1.00 e. The molecule has 0 aliphatic rings. The average molecular weight is 513 g/mol. The Labute approximate surface area is 230 Å². The maximum absolute atomic E-state index is 13.3. The van der Waals surface area contributed by atoms with Crippen LogP contribution in [0.2, 0.25) is 0 Å². The van der Waals surface area contributed by atoms with E-state index in [0.717, 1.165) is 9.87 Å². The van der Waals surface area contributed by atoms with Crippen LogP contribution in [-0.2, 0) is 19.6 Å². The first-order chi connectivity index (χ1) is 16.1. The molecule has 0 radical (unpaired) electrons. The predicted molar refractivity (Wildman–Crippen MR) is 128 cm³/mol. The number of hydrogen-bond acceptors (Lipinski definition) is 6. The number of nitrogens with one attached hydrogen (secondary N) is 1. The van der Waals surface area contributed by atoms with E-state index in [0.29, 0.717) is 25.1 Å². The molecular weight excluding hydrogens is 479 g/mol. The third-order valence-electron chi connectivity index (χ3n) is 5.13. The number of rotatable bonds is 14. The summed E-state index contributed by atoms with van der Waals surface area (Å²) in [5.74, 6) is -1.21. The van der Waals surface area contributed by atoms with E-state index in [2.05, 4.69) is 5.32 Å². The number of hydrogen-bond donors (Lipinski definition) is 1. The van der Waals surface area contributed by atoms with Crippen LogP contribution < -0.4 is 44.7 Å². The van der Waals surface area contributed by atoms with Crippen molar-refractivity contribution in [3.8, 4) is 5.75 Å². The Bertz CT molecular complexity index is 1030. The van der Waals surface area contributed by atoms with Crippen molar-refractivity contribution in [2.75, 3.05) is 19.7 Å². The molecule has 1 atom stereocenters. The fourth-order valence-electron chi connectivity index (χ4n) is 3.38. The summed E-state index contributed by atoms with van der Waals surface area (Å²) in [5, 5.41) is 14.7. The Morgan fingerprint density at radius 3 is 2.23 bits per heavy atom. The summed E-state index contributed by atoms with van der Waals surface area (Å²) in [6.45, 7) is 5.77. The summed E-state index contributed by atoms with van der Waals surface area (Å²) in [7, 11) is -4.02. The van der Waals surface area contributed by atoms with Gasteiger partial charge in [-0.2, -0.15) is 4.31 Å². The standard InChI is InChI=1S/C25H34N2O6S.Na/c1-19(2)17-27(34(31,32)22-14-12-20(3)13-15-22)23(25(29)30)11-7-8-16-26-24(28)18-33-21-9-5-4-6-10-21;/h4-6,9-10,12-15,19,23H,7-8,11,16-18H2,1-3H3,(H,26,28)(H,29,30);/q;+1/p-1/t23-;/m0./s1. The van der Waals surface area contributed by atoms with Crippen molar-refractivity contribution in [3.05, 3.63) is 60.2 Å². The molecule has 0 spiro atoms. The Morgan fingerprint density at radius 1 is 1.03 bits per heavy atom. The van der Waals surface area contributed by atoms with Gasteiger partial charge in [0.2, 0.25) is 10.0 Å². The van der Waals surface area contributed by atoms with Gasteiger partial charge in [0, 0.05) is 13.1 Å². The van der Waals surface area contributed by atoms with Crippen LogP contribution >= 0.6 is 0 Å². The minimum Gasteiger partial charge on any atom is -0.548 e. The number of aliphatic carboxylic acids is 1. The minimum atomic E-state index is -4.02. The zero-order chi connectivity index (χ0) is 25.1. The molecule has 0 heterocycles. The van der Waals surface area contributed by atoms with Crippen LogP contribution in [0, 0.1) is 12.8 Å². The molecule has 1 amide bonds. The number of benzene rings is 2. The monoisotopic (exact) mass is 512 g/mol. The average Bonchev–Trinajstić information content (AvgIpc) is 2.79. The maximum atomic E-state index is 13.3. The first-order valence-electron chi connectivity index (χ1n) is 11.3. The van der Waals surface area contributed by atoms with Gasteiger partial charge in [0.1, 0.15) is 5.75 Å². The van der Waals surface area contributed by atoms with Gasteiger partial charge in [0.25, 0.3) is 5.91 Å². The van der Waals surface area contributed by atoms with Gasteiger partial charge in [-0.25, -0.2) is 8.42 Å². The van der Waals surface area contributed by atoms with Gasteiger partial charge in [0.05, 0.1) is 16.9 Å². The molecule has 1 N–H and O–H groups in total. The van der Waals surface area contributed by atoms with Gasteiger partial charge in [0.15, 0.2) is 6.61 Å². The second-order valence-corrected chi connectivity index (χ2v) is 10.5. The topological polar surface area (TPSA) is 116 Å². The van der Waals surface area contributed by atoms with Crippen molar-refractivity contribution >= 4 is 21.9 Å². The summed E-state index contributed by atoms with van der Waals surface area (Å²) in [6.07, 6.45) is 0.966. The molecule has 0 aliphatic carbocycles. The predicted octanol–water partition coefficient (Wildman–Crippen LogP) is -0.870. The summed E-state index contributed by atoms with van der Waals surface area (Å²) >= 11 is 0. The van der Waals surface area contributed by atoms with E-state index in [4.69, 9.17) is 4.74 Å². The van der Waals surface area contributed by atoms with E-state index in [1.807, 2.05) is 39.0 Å². The van der Waals surface area contributed by atoms with E-state index in [-0.39, 0.29) is 65.9 Å². The van der Waals surface area contributed by atoms with Gasteiger partial charge in [-0.05, 0) is 56.4 Å². The number of unbranched alkanes of at least 4 members (excludes halogenated alkanes) is 1. The molecule has 2 aromatic rings. The van der Waals surface area contributed by atoms with Crippen molar-refractivity contribution in [2.24, 2.45) is 5.92 Å². The molecule has 186 valence electrons. The van der Waals surface area contributed by atoms with Crippen LogP contribution in [-0.4, -0.2) is 50.3 Å². The van der Waals surface area contributed by atoms with Crippen molar-refractivity contribution < 1.29 is 57.4 Å². The molecule has 0 unspecified atom stereocenters. The van der Waals surface area contributed by atoms with Gasteiger partial charge in [-0.15, -0.1) is 0 Å². The van der Waals surface area contributed by atoms with E-state index in [9.17, 15) is 23.1 Å². The van der Waals surface area contributed by atoms with Crippen molar-refractivity contribution in [2.45, 2.75) is 51.0 Å². The normalized spacial score (nSPS) is 12.1. The van der Waals surface area contributed by atoms with Crippen molar-refractivity contribution in [3.63, 3.8) is 0 Å². The van der Waals surface area contributed by atoms with E-state index in [1.54, 1.807) is 24.3 Å². The molecule has 0 saturated heterocycles.